The van der Waals surface area contributed by atoms with Crippen molar-refractivity contribution in [3.8, 4) is 0 Å². The van der Waals surface area contributed by atoms with Crippen molar-refractivity contribution in [2.45, 2.75) is 6.92 Å². The molecule has 0 aromatic rings. The molecule has 0 atom stereocenters. The van der Waals surface area contributed by atoms with E-state index in [2.05, 4.69) is 9.50 Å². The van der Waals surface area contributed by atoms with Gasteiger partial charge < -0.3 is 9.50 Å². The molecule has 7 nitrogen and oxygen atoms in total. The Morgan fingerprint density at radius 3 is 2.33 bits per heavy atom. The monoisotopic (exact) mass is 258 g/mol. The highest BCUT2D eigenvalue weighted by atomic mass is 32.2. The van der Waals surface area contributed by atoms with Crippen LogP contribution in [0.2, 0.25) is 0 Å². The van der Waals surface area contributed by atoms with Gasteiger partial charge in [0.1, 0.15) is 0 Å². The first-order valence-electron chi connectivity index (χ1n) is 4.10. The molecule has 0 spiro atoms. The van der Waals surface area contributed by atoms with Gasteiger partial charge in [0.25, 0.3) is 0 Å². The van der Waals surface area contributed by atoms with Gasteiger partial charge in [-0.2, -0.15) is 0 Å². The van der Waals surface area contributed by atoms with E-state index in [4.69, 9.17) is 9.05 Å². The van der Waals surface area contributed by atoms with E-state index in [0.29, 0.717) is 18.8 Å². The van der Waals surface area contributed by atoms with E-state index < -0.39 is 13.8 Å². The summed E-state index contributed by atoms with van der Waals surface area (Å²) in [6.45, 7) is 2.06. The molecule has 0 radical (unpaired) electrons. The second-order valence-electron chi connectivity index (χ2n) is 2.20. The fourth-order valence-electron chi connectivity index (χ4n) is 0.642. The Hall–Kier alpha value is -0.270. The average molecular weight is 258 g/mol. The number of amides is 1. The number of hydrogen-bond donors (Lipinski definition) is 1. The van der Waals surface area contributed by atoms with Crippen molar-refractivity contribution in [3.05, 3.63) is 0 Å². The van der Waals surface area contributed by atoms with Gasteiger partial charge in [-0.25, -0.2) is 9.36 Å². The standard InChI is InChI=1S/C6H15N2O5PS/c1-5-8(14(10,11-3)12-4)15-13-6(9)7-2/h5H2,1-4H3,(H,7,9). The van der Waals surface area contributed by atoms with Gasteiger partial charge in [-0.3, -0.25) is 9.05 Å². The van der Waals surface area contributed by atoms with E-state index in [1.165, 1.54) is 25.3 Å². The minimum atomic E-state index is -3.37. The molecule has 0 saturated heterocycles. The lowest BCUT2D eigenvalue weighted by Crippen LogP contribution is -2.21. The number of rotatable bonds is 6. The summed E-state index contributed by atoms with van der Waals surface area (Å²) in [7, 11) is 0.570. The van der Waals surface area contributed by atoms with Crippen molar-refractivity contribution in [1.82, 2.24) is 9.39 Å². The quantitative estimate of drug-likeness (QED) is 0.440. The molecule has 9 heteroatoms. The Bertz CT molecular complexity index is 244. The van der Waals surface area contributed by atoms with Gasteiger partial charge in [0.2, 0.25) is 0 Å². The normalized spacial score (nSPS) is 11.5. The number of nitrogens with zero attached hydrogens (tertiary/aromatic N) is 1. The molecule has 0 rings (SSSR count). The zero-order valence-electron chi connectivity index (χ0n) is 9.05. The lowest BCUT2D eigenvalue weighted by Gasteiger charge is -2.23. The topological polar surface area (TPSA) is 77.1 Å². The van der Waals surface area contributed by atoms with Crippen LogP contribution in [-0.2, 0) is 17.8 Å². The Morgan fingerprint density at radius 1 is 1.47 bits per heavy atom. The molecule has 0 fully saturated rings. The zero-order chi connectivity index (χ0) is 11.9. The van der Waals surface area contributed by atoms with E-state index in [1.807, 2.05) is 0 Å². The van der Waals surface area contributed by atoms with Crippen LogP contribution >= 0.6 is 20.0 Å². The fourth-order valence-corrected chi connectivity index (χ4v) is 2.67. The van der Waals surface area contributed by atoms with Crippen molar-refractivity contribution < 1.29 is 22.6 Å². The van der Waals surface area contributed by atoms with Crippen LogP contribution in [0.1, 0.15) is 6.92 Å². The van der Waals surface area contributed by atoms with Crippen LogP contribution in [0.4, 0.5) is 4.79 Å². The second kappa shape index (κ2) is 7.08. The summed E-state index contributed by atoms with van der Waals surface area (Å²) in [5.41, 5.74) is 0. The molecule has 0 aromatic heterocycles. The molecule has 0 saturated carbocycles. The van der Waals surface area contributed by atoms with Crippen molar-refractivity contribution in [2.24, 2.45) is 0 Å². The molecular weight excluding hydrogens is 243 g/mol. The number of hydrogen-bond acceptors (Lipinski definition) is 6. The van der Waals surface area contributed by atoms with Crippen LogP contribution in [0.3, 0.4) is 0 Å². The maximum absolute atomic E-state index is 11.8. The van der Waals surface area contributed by atoms with Gasteiger partial charge in [0.15, 0.2) is 12.2 Å². The maximum Gasteiger partial charge on any atom is 0.420 e. The fraction of sp³-hybridized carbons (Fsp3) is 0.833. The lowest BCUT2D eigenvalue weighted by atomic mass is 10.8. The summed E-state index contributed by atoms with van der Waals surface area (Å²) in [4.78, 5) is 10.8. The average Bonchev–Trinajstić information content (AvgIpc) is 2.28. The van der Waals surface area contributed by atoms with Crippen LogP contribution < -0.4 is 5.32 Å². The van der Waals surface area contributed by atoms with Crippen LogP contribution in [0.5, 0.6) is 0 Å². The van der Waals surface area contributed by atoms with Gasteiger partial charge in [-0.05, 0) is 0 Å². The summed E-state index contributed by atoms with van der Waals surface area (Å²) >= 11 is 0.619. The van der Waals surface area contributed by atoms with Crippen LogP contribution in [0.25, 0.3) is 0 Å². The molecule has 0 unspecified atom stereocenters. The van der Waals surface area contributed by atoms with Crippen molar-refractivity contribution in [3.63, 3.8) is 0 Å². The molecule has 15 heavy (non-hydrogen) atoms. The Kier molecular flexibility index (Phi) is 6.95. The molecule has 1 amide bonds. The first-order valence-corrected chi connectivity index (χ1v) is 6.29. The highest BCUT2D eigenvalue weighted by Gasteiger charge is 2.32. The summed E-state index contributed by atoms with van der Waals surface area (Å²) in [6, 6.07) is 0. The third kappa shape index (κ3) is 4.40. The van der Waals surface area contributed by atoms with Crippen molar-refractivity contribution in [2.75, 3.05) is 27.8 Å². The van der Waals surface area contributed by atoms with Gasteiger partial charge in [0, 0.05) is 27.8 Å². The van der Waals surface area contributed by atoms with Gasteiger partial charge in [-0.1, -0.05) is 6.92 Å². The Morgan fingerprint density at radius 2 is 2.00 bits per heavy atom. The lowest BCUT2D eigenvalue weighted by molar-refractivity contribution is 0.207. The Balaban J connectivity index is 4.35. The van der Waals surface area contributed by atoms with E-state index in [0.717, 1.165) is 0 Å². The predicted molar refractivity (Wildman–Crippen MR) is 57.1 cm³/mol. The number of carbonyl (C=O) groups excluding carboxylic acids is 1. The predicted octanol–water partition coefficient (Wildman–Crippen LogP) is 1.63. The summed E-state index contributed by atoms with van der Waals surface area (Å²) in [6.07, 6.45) is -0.641. The first kappa shape index (κ1) is 14.7. The largest absolute Gasteiger partial charge is 0.420 e. The van der Waals surface area contributed by atoms with E-state index >= 15 is 0 Å². The van der Waals surface area contributed by atoms with Crippen LogP contribution in [-0.4, -0.2) is 38.0 Å². The molecule has 0 aromatic carbocycles. The third-order valence-electron chi connectivity index (χ3n) is 1.41. The van der Waals surface area contributed by atoms with Gasteiger partial charge in [-0.15, -0.1) is 4.08 Å². The number of nitrogens with one attached hydrogen (secondary N) is 1. The van der Waals surface area contributed by atoms with E-state index in [-0.39, 0.29) is 0 Å². The van der Waals surface area contributed by atoms with Crippen LogP contribution in [0.15, 0.2) is 0 Å². The zero-order valence-corrected chi connectivity index (χ0v) is 10.8. The third-order valence-corrected chi connectivity index (χ3v) is 4.62. The van der Waals surface area contributed by atoms with E-state index in [9.17, 15) is 9.36 Å². The number of carbonyl (C=O) groups is 1. The molecule has 0 heterocycles. The minimum Gasteiger partial charge on any atom is -0.358 e. The summed E-state index contributed by atoms with van der Waals surface area (Å²) in [5.74, 6) is 0. The van der Waals surface area contributed by atoms with Crippen LogP contribution in [0, 0.1) is 0 Å². The molecule has 90 valence electrons. The smallest absolute Gasteiger partial charge is 0.358 e. The van der Waals surface area contributed by atoms with Crippen molar-refractivity contribution in [1.29, 1.82) is 0 Å². The molecule has 0 aliphatic rings. The molecule has 0 aliphatic carbocycles. The highest BCUT2D eigenvalue weighted by Crippen LogP contribution is 2.54. The van der Waals surface area contributed by atoms with Crippen molar-refractivity contribution >= 4 is 26.1 Å². The molecular formula is C6H15N2O5PS. The second-order valence-corrected chi connectivity index (χ2v) is 5.37. The maximum atomic E-state index is 11.8. The first-order chi connectivity index (χ1) is 7.03. The Labute approximate surface area is 93.4 Å². The SMILES string of the molecule is CCN(SOC(=O)NC)P(=O)(OC)OC. The molecule has 0 aliphatic heterocycles. The molecule has 1 N–H and O–H groups in total. The molecule has 0 bridgehead atoms. The minimum absolute atomic E-state index is 0.334. The van der Waals surface area contributed by atoms with Gasteiger partial charge in [0.05, 0.1) is 0 Å². The summed E-state index contributed by atoms with van der Waals surface area (Å²) in [5, 5.41) is 2.25. The summed E-state index contributed by atoms with van der Waals surface area (Å²) < 4.78 is 27.2. The highest BCUT2D eigenvalue weighted by molar-refractivity contribution is 7.97. The van der Waals surface area contributed by atoms with E-state index in [1.54, 1.807) is 6.92 Å². The van der Waals surface area contributed by atoms with Gasteiger partial charge >= 0.3 is 13.8 Å².